The van der Waals surface area contributed by atoms with Crippen molar-refractivity contribution in [1.29, 1.82) is 0 Å². The summed E-state index contributed by atoms with van der Waals surface area (Å²) in [5, 5.41) is 12.2. The van der Waals surface area contributed by atoms with Crippen LogP contribution in [0.5, 0.6) is 0 Å². The minimum Gasteiger partial charge on any atom is -0.309 e. The Morgan fingerprint density at radius 3 is 1.57 bits per heavy atom. The Hall–Kier alpha value is -7.21. The van der Waals surface area contributed by atoms with Gasteiger partial charge in [-0.2, -0.15) is 0 Å². The number of hydrogen-bond donors (Lipinski definition) is 0. The van der Waals surface area contributed by atoms with E-state index in [1.807, 2.05) is 47.7 Å². The van der Waals surface area contributed by atoms with Crippen molar-refractivity contribution in [2.75, 3.05) is 0 Å². The molecule has 0 saturated carbocycles. The van der Waals surface area contributed by atoms with E-state index >= 15 is 0 Å². The van der Waals surface area contributed by atoms with Gasteiger partial charge in [-0.1, -0.05) is 146 Å². The minimum atomic E-state index is 0.636. The van der Waals surface area contributed by atoms with Crippen LogP contribution in [0.4, 0.5) is 0 Å². The Balaban J connectivity index is 1.26. The molecule has 0 radical (unpaired) electrons. The number of fused-ring (bicyclic) bond motifs is 13. The molecule has 3 heterocycles. The number of hydrogen-bond acceptors (Lipinski definition) is 4. The van der Waals surface area contributed by atoms with Crippen molar-refractivity contribution in [2.24, 2.45) is 0 Å². The normalized spacial score (nSPS) is 11.9. The predicted molar refractivity (Wildman–Crippen MR) is 236 cm³/mol. The third-order valence-corrected chi connectivity index (χ3v) is 12.3. The lowest BCUT2D eigenvalue weighted by Crippen LogP contribution is -2.02. The molecule has 0 aliphatic heterocycles. The van der Waals surface area contributed by atoms with Crippen LogP contribution in [-0.2, 0) is 0 Å². The molecule has 260 valence electrons. The number of rotatable bonds is 4. The molecule has 0 aliphatic carbocycles. The summed E-state index contributed by atoms with van der Waals surface area (Å²) in [6, 6.07) is 64.9. The third kappa shape index (κ3) is 4.62. The van der Waals surface area contributed by atoms with E-state index in [1.165, 1.54) is 58.0 Å². The van der Waals surface area contributed by atoms with E-state index in [0.29, 0.717) is 17.5 Å². The zero-order valence-corrected chi connectivity index (χ0v) is 30.8. The Kier molecular flexibility index (Phi) is 6.76. The van der Waals surface area contributed by atoms with Crippen LogP contribution in [0, 0.1) is 0 Å². The Morgan fingerprint density at radius 1 is 0.339 bits per heavy atom. The smallest absolute Gasteiger partial charge is 0.164 e. The molecule has 9 aromatic carbocycles. The number of aromatic nitrogens is 4. The van der Waals surface area contributed by atoms with Gasteiger partial charge in [-0.3, -0.25) is 0 Å². The topological polar surface area (TPSA) is 43.6 Å². The van der Waals surface area contributed by atoms with Crippen molar-refractivity contribution in [1.82, 2.24) is 19.5 Å². The quantitative estimate of drug-likeness (QED) is 0.169. The molecular formula is C51H30N4S. The Labute approximate surface area is 325 Å². The van der Waals surface area contributed by atoms with Gasteiger partial charge in [-0.25, -0.2) is 15.0 Å². The maximum atomic E-state index is 5.32. The van der Waals surface area contributed by atoms with Gasteiger partial charge in [0, 0.05) is 58.7 Å². The third-order valence-electron chi connectivity index (χ3n) is 11.2. The van der Waals surface area contributed by atoms with Crippen LogP contribution in [0.1, 0.15) is 0 Å². The second-order valence-electron chi connectivity index (χ2n) is 14.3. The summed E-state index contributed by atoms with van der Waals surface area (Å²) >= 11 is 1.86. The lowest BCUT2D eigenvalue weighted by atomic mass is 9.91. The first-order chi connectivity index (χ1) is 27.8. The van der Waals surface area contributed by atoms with Gasteiger partial charge in [0.2, 0.25) is 0 Å². The molecule has 12 rings (SSSR count). The molecule has 0 bridgehead atoms. The van der Waals surface area contributed by atoms with E-state index in [-0.39, 0.29) is 0 Å². The standard InChI is InChI=1S/C51H30N4S/c1-3-15-31(16-4-1)49-52-50(32-17-5-2-6-18-32)54-51(53-49)41-30-33(29-40-36-21-8-7-19-34(36)35-20-9-10-22-37(35)46(40)41)55-42-25-13-11-23-38(42)47-43(55)27-28-45-48(47)39-24-12-14-26-44(39)56-45/h1-30H. The van der Waals surface area contributed by atoms with Gasteiger partial charge in [-0.15, -0.1) is 11.3 Å². The average Bonchev–Trinajstić information content (AvgIpc) is 3.82. The summed E-state index contributed by atoms with van der Waals surface area (Å²) in [6.45, 7) is 0. The van der Waals surface area contributed by atoms with E-state index in [9.17, 15) is 0 Å². The van der Waals surface area contributed by atoms with Crippen molar-refractivity contribution in [3.05, 3.63) is 182 Å². The maximum Gasteiger partial charge on any atom is 0.164 e. The molecule has 12 aromatic rings. The second kappa shape index (κ2) is 12.2. The van der Waals surface area contributed by atoms with Crippen molar-refractivity contribution in [3.63, 3.8) is 0 Å². The van der Waals surface area contributed by atoms with Gasteiger partial charge < -0.3 is 4.57 Å². The van der Waals surface area contributed by atoms with E-state index in [4.69, 9.17) is 15.0 Å². The summed E-state index contributed by atoms with van der Waals surface area (Å²) in [6.07, 6.45) is 0. The summed E-state index contributed by atoms with van der Waals surface area (Å²) in [5.74, 6) is 1.92. The highest BCUT2D eigenvalue weighted by Crippen LogP contribution is 2.46. The molecule has 56 heavy (non-hydrogen) atoms. The first-order valence-electron chi connectivity index (χ1n) is 18.9. The number of thiophene rings is 1. The lowest BCUT2D eigenvalue weighted by molar-refractivity contribution is 1.07. The van der Waals surface area contributed by atoms with Crippen molar-refractivity contribution >= 4 is 85.6 Å². The van der Waals surface area contributed by atoms with E-state index in [0.717, 1.165) is 38.7 Å². The highest BCUT2D eigenvalue weighted by molar-refractivity contribution is 7.26. The highest BCUT2D eigenvalue weighted by Gasteiger charge is 2.22. The second-order valence-corrected chi connectivity index (χ2v) is 15.4. The van der Waals surface area contributed by atoms with Crippen LogP contribution in [0.25, 0.3) is 114 Å². The van der Waals surface area contributed by atoms with E-state index in [2.05, 4.69) is 150 Å². The van der Waals surface area contributed by atoms with Crippen LogP contribution in [0.15, 0.2) is 182 Å². The SMILES string of the molecule is c1ccc(-c2nc(-c3ccccc3)nc(-c3cc(-n4c5ccccc5c5c6c(ccc54)sc4ccccc46)cc4c5ccccc5c5ccccc5c34)n2)cc1. The number of para-hydroxylation sites is 1. The van der Waals surface area contributed by atoms with Gasteiger partial charge in [-0.05, 0) is 63.3 Å². The van der Waals surface area contributed by atoms with Crippen LogP contribution < -0.4 is 0 Å². The Morgan fingerprint density at radius 2 is 0.875 bits per heavy atom. The molecule has 0 spiro atoms. The molecular weight excluding hydrogens is 701 g/mol. The fourth-order valence-electron chi connectivity index (χ4n) is 8.81. The highest BCUT2D eigenvalue weighted by atomic mass is 32.1. The van der Waals surface area contributed by atoms with Gasteiger partial charge in [0.1, 0.15) is 0 Å². The van der Waals surface area contributed by atoms with Crippen LogP contribution in [0.2, 0.25) is 0 Å². The van der Waals surface area contributed by atoms with Crippen LogP contribution in [0.3, 0.4) is 0 Å². The van der Waals surface area contributed by atoms with Crippen molar-refractivity contribution < 1.29 is 0 Å². The first kappa shape index (κ1) is 31.2. The van der Waals surface area contributed by atoms with Crippen LogP contribution in [-0.4, -0.2) is 19.5 Å². The van der Waals surface area contributed by atoms with Gasteiger partial charge in [0.05, 0.1) is 11.0 Å². The minimum absolute atomic E-state index is 0.636. The monoisotopic (exact) mass is 730 g/mol. The largest absolute Gasteiger partial charge is 0.309 e. The van der Waals surface area contributed by atoms with E-state index in [1.54, 1.807) is 0 Å². The average molecular weight is 731 g/mol. The summed E-state index contributed by atoms with van der Waals surface area (Å²) < 4.78 is 5.04. The van der Waals surface area contributed by atoms with Gasteiger partial charge >= 0.3 is 0 Å². The van der Waals surface area contributed by atoms with Crippen molar-refractivity contribution in [2.45, 2.75) is 0 Å². The predicted octanol–water partition coefficient (Wildman–Crippen LogP) is 13.8. The zero-order chi connectivity index (χ0) is 36.7. The van der Waals surface area contributed by atoms with E-state index < -0.39 is 0 Å². The van der Waals surface area contributed by atoms with Crippen LogP contribution >= 0.6 is 11.3 Å². The van der Waals surface area contributed by atoms with Gasteiger partial charge in [0.25, 0.3) is 0 Å². The molecule has 0 amide bonds. The van der Waals surface area contributed by atoms with Gasteiger partial charge in [0.15, 0.2) is 17.5 Å². The summed E-state index contributed by atoms with van der Waals surface area (Å²) in [4.78, 5) is 15.7. The molecule has 0 unspecified atom stereocenters. The lowest BCUT2D eigenvalue weighted by Gasteiger charge is -2.18. The maximum absolute atomic E-state index is 5.32. The number of nitrogens with zero attached hydrogens (tertiary/aromatic N) is 4. The molecule has 0 N–H and O–H groups in total. The summed E-state index contributed by atoms with van der Waals surface area (Å²) in [7, 11) is 0. The molecule has 0 aliphatic rings. The Bertz CT molecular complexity index is 3470. The number of benzene rings is 9. The van der Waals surface area contributed by atoms with Crippen molar-refractivity contribution in [3.8, 4) is 39.9 Å². The molecule has 5 heteroatoms. The molecule has 0 saturated heterocycles. The first-order valence-corrected chi connectivity index (χ1v) is 19.7. The fourth-order valence-corrected chi connectivity index (χ4v) is 9.92. The molecule has 4 nitrogen and oxygen atoms in total. The summed E-state index contributed by atoms with van der Waals surface area (Å²) in [5.41, 5.74) is 6.23. The molecule has 0 atom stereocenters. The molecule has 3 aromatic heterocycles. The fraction of sp³-hybridized carbons (Fsp3) is 0. The zero-order valence-electron chi connectivity index (χ0n) is 30.0. The molecule has 0 fully saturated rings.